The van der Waals surface area contributed by atoms with Gasteiger partial charge in [0.25, 0.3) is 0 Å². The van der Waals surface area contributed by atoms with Gasteiger partial charge in [-0.15, -0.1) is 0 Å². The number of esters is 1. The van der Waals surface area contributed by atoms with Crippen molar-refractivity contribution in [3.63, 3.8) is 0 Å². The summed E-state index contributed by atoms with van der Waals surface area (Å²) in [5.41, 5.74) is 2.29. The molecule has 1 heterocycles. The lowest BCUT2D eigenvalue weighted by molar-refractivity contribution is -0.133. The highest BCUT2D eigenvalue weighted by atomic mass is 19.1. The van der Waals surface area contributed by atoms with E-state index in [-0.39, 0.29) is 12.2 Å². The molecule has 0 bridgehead atoms. The normalized spacial score (nSPS) is 10.5. The van der Waals surface area contributed by atoms with Crippen LogP contribution in [-0.2, 0) is 11.2 Å². The molecule has 1 aromatic heterocycles. The molecule has 5 heteroatoms. The number of hydrogen-bond donors (Lipinski definition) is 0. The molecule has 21 heavy (non-hydrogen) atoms. The third kappa shape index (κ3) is 3.20. The van der Waals surface area contributed by atoms with Crippen molar-refractivity contribution in [3.8, 4) is 5.75 Å². The van der Waals surface area contributed by atoms with Crippen LogP contribution in [0.15, 0.2) is 54.9 Å². The Morgan fingerprint density at radius 3 is 2.48 bits per heavy atom. The summed E-state index contributed by atoms with van der Waals surface area (Å²) >= 11 is 0. The van der Waals surface area contributed by atoms with E-state index >= 15 is 0 Å². The van der Waals surface area contributed by atoms with Gasteiger partial charge in [-0.05, 0) is 42.0 Å². The van der Waals surface area contributed by atoms with E-state index in [4.69, 9.17) is 4.74 Å². The van der Waals surface area contributed by atoms with E-state index in [2.05, 4.69) is 9.97 Å². The van der Waals surface area contributed by atoms with Crippen molar-refractivity contribution in [1.82, 2.24) is 9.97 Å². The van der Waals surface area contributed by atoms with Crippen LogP contribution < -0.4 is 4.74 Å². The molecule has 4 nitrogen and oxygen atoms in total. The minimum absolute atomic E-state index is 0.115. The molecule has 0 saturated carbocycles. The first-order valence-electron chi connectivity index (χ1n) is 6.36. The number of hydrogen-bond acceptors (Lipinski definition) is 4. The quantitative estimate of drug-likeness (QED) is 0.547. The number of nitrogens with zero attached hydrogens (tertiary/aromatic N) is 2. The first-order chi connectivity index (χ1) is 10.2. The summed E-state index contributed by atoms with van der Waals surface area (Å²) in [7, 11) is 0. The fourth-order valence-electron chi connectivity index (χ4n) is 1.96. The second kappa shape index (κ2) is 5.66. The molecule has 0 saturated heterocycles. The van der Waals surface area contributed by atoms with Gasteiger partial charge in [-0.2, -0.15) is 0 Å². The highest BCUT2D eigenvalue weighted by molar-refractivity contribution is 5.79. The molecule has 0 spiro atoms. The van der Waals surface area contributed by atoms with E-state index in [1.54, 1.807) is 18.5 Å². The SMILES string of the molecule is O=C(Cc1ccc2nccnc2c1)Oc1ccc(F)cc1. The fourth-order valence-corrected chi connectivity index (χ4v) is 1.96. The summed E-state index contributed by atoms with van der Waals surface area (Å²) in [6, 6.07) is 10.7. The van der Waals surface area contributed by atoms with Gasteiger partial charge in [0.1, 0.15) is 11.6 Å². The lowest BCUT2D eigenvalue weighted by atomic mass is 10.1. The molecular weight excluding hydrogens is 271 g/mol. The lowest BCUT2D eigenvalue weighted by Gasteiger charge is -2.05. The van der Waals surface area contributed by atoms with Gasteiger partial charge < -0.3 is 4.74 Å². The Bertz CT molecular complexity index is 788. The molecule has 0 aliphatic heterocycles. The molecule has 0 fully saturated rings. The highest BCUT2D eigenvalue weighted by Gasteiger charge is 2.08. The topological polar surface area (TPSA) is 52.1 Å². The Morgan fingerprint density at radius 2 is 1.71 bits per heavy atom. The van der Waals surface area contributed by atoms with Gasteiger partial charge in [-0.1, -0.05) is 6.07 Å². The molecule has 2 aromatic carbocycles. The number of carbonyl (C=O) groups is 1. The van der Waals surface area contributed by atoms with Gasteiger partial charge >= 0.3 is 5.97 Å². The van der Waals surface area contributed by atoms with E-state index in [9.17, 15) is 9.18 Å². The Morgan fingerprint density at radius 1 is 1.00 bits per heavy atom. The number of carbonyl (C=O) groups excluding carboxylic acids is 1. The highest BCUT2D eigenvalue weighted by Crippen LogP contribution is 2.14. The van der Waals surface area contributed by atoms with Crippen LogP contribution in [0.2, 0.25) is 0 Å². The second-order valence-electron chi connectivity index (χ2n) is 4.48. The van der Waals surface area contributed by atoms with Crippen LogP contribution in [0.1, 0.15) is 5.56 Å². The maximum atomic E-state index is 12.8. The van der Waals surface area contributed by atoms with E-state index in [0.29, 0.717) is 5.75 Å². The van der Waals surface area contributed by atoms with Crippen molar-refractivity contribution in [3.05, 3.63) is 66.2 Å². The molecular formula is C16H11FN2O2. The number of ether oxygens (including phenoxy) is 1. The maximum Gasteiger partial charge on any atom is 0.315 e. The Kier molecular flexibility index (Phi) is 3.55. The average Bonchev–Trinajstić information content (AvgIpc) is 2.49. The third-order valence-corrected chi connectivity index (χ3v) is 2.93. The predicted octanol–water partition coefficient (Wildman–Crippen LogP) is 2.92. The largest absolute Gasteiger partial charge is 0.426 e. The first-order valence-corrected chi connectivity index (χ1v) is 6.36. The zero-order valence-corrected chi connectivity index (χ0v) is 11.0. The van der Waals surface area contributed by atoms with Crippen LogP contribution in [0.5, 0.6) is 5.75 Å². The summed E-state index contributed by atoms with van der Waals surface area (Å²) < 4.78 is 17.9. The standard InChI is InChI=1S/C16H11FN2O2/c17-12-2-4-13(5-3-12)21-16(20)10-11-1-6-14-15(9-11)19-8-7-18-14/h1-9H,10H2. The van der Waals surface area contributed by atoms with E-state index in [1.165, 1.54) is 24.3 Å². The number of halogens is 1. The summed E-state index contributed by atoms with van der Waals surface area (Å²) in [5, 5.41) is 0. The lowest BCUT2D eigenvalue weighted by Crippen LogP contribution is -2.11. The van der Waals surface area contributed by atoms with Crippen molar-refractivity contribution >= 4 is 17.0 Å². The van der Waals surface area contributed by atoms with Gasteiger partial charge in [-0.3, -0.25) is 14.8 Å². The number of benzene rings is 2. The molecule has 104 valence electrons. The Balaban J connectivity index is 1.72. The number of aromatic nitrogens is 2. The van der Waals surface area contributed by atoms with Gasteiger partial charge in [-0.25, -0.2) is 4.39 Å². The van der Waals surface area contributed by atoms with Crippen molar-refractivity contribution in [2.24, 2.45) is 0 Å². The molecule has 0 N–H and O–H groups in total. The van der Waals surface area contributed by atoms with Crippen LogP contribution in [0.4, 0.5) is 4.39 Å². The molecule has 0 atom stereocenters. The Labute approximate surface area is 120 Å². The molecule has 0 aliphatic carbocycles. The summed E-state index contributed by atoms with van der Waals surface area (Å²) in [6.07, 6.45) is 3.33. The molecule has 0 radical (unpaired) electrons. The molecule has 0 unspecified atom stereocenters. The molecule has 0 amide bonds. The Hall–Kier alpha value is -2.82. The van der Waals surface area contributed by atoms with Crippen LogP contribution in [0.3, 0.4) is 0 Å². The zero-order valence-electron chi connectivity index (χ0n) is 11.0. The number of fused-ring (bicyclic) bond motifs is 1. The van der Waals surface area contributed by atoms with Gasteiger partial charge in [0.2, 0.25) is 0 Å². The van der Waals surface area contributed by atoms with Crippen molar-refractivity contribution in [2.75, 3.05) is 0 Å². The molecule has 3 rings (SSSR count). The predicted molar refractivity (Wildman–Crippen MR) is 75.3 cm³/mol. The van der Waals surface area contributed by atoms with E-state index < -0.39 is 5.97 Å². The summed E-state index contributed by atoms with van der Waals surface area (Å²) in [6.45, 7) is 0. The van der Waals surface area contributed by atoms with Gasteiger partial charge in [0.15, 0.2) is 0 Å². The number of rotatable bonds is 3. The van der Waals surface area contributed by atoms with E-state index in [0.717, 1.165) is 16.6 Å². The summed E-state index contributed by atoms with van der Waals surface area (Å²) in [4.78, 5) is 20.2. The van der Waals surface area contributed by atoms with Crippen molar-refractivity contribution < 1.29 is 13.9 Å². The monoisotopic (exact) mass is 282 g/mol. The van der Waals surface area contributed by atoms with Gasteiger partial charge in [0.05, 0.1) is 17.5 Å². The molecule has 0 aliphatic rings. The minimum Gasteiger partial charge on any atom is -0.426 e. The summed E-state index contributed by atoms with van der Waals surface area (Å²) in [5.74, 6) is -0.463. The average molecular weight is 282 g/mol. The zero-order chi connectivity index (χ0) is 14.7. The third-order valence-electron chi connectivity index (χ3n) is 2.93. The van der Waals surface area contributed by atoms with Crippen LogP contribution in [0.25, 0.3) is 11.0 Å². The van der Waals surface area contributed by atoms with Crippen LogP contribution in [-0.4, -0.2) is 15.9 Å². The molecule has 3 aromatic rings. The van der Waals surface area contributed by atoms with Crippen LogP contribution >= 0.6 is 0 Å². The fraction of sp³-hybridized carbons (Fsp3) is 0.0625. The minimum atomic E-state index is -0.412. The van der Waals surface area contributed by atoms with Gasteiger partial charge in [0, 0.05) is 12.4 Å². The van der Waals surface area contributed by atoms with Crippen molar-refractivity contribution in [1.29, 1.82) is 0 Å². The first kappa shape index (κ1) is 13.2. The van der Waals surface area contributed by atoms with Crippen molar-refractivity contribution in [2.45, 2.75) is 6.42 Å². The van der Waals surface area contributed by atoms with E-state index in [1.807, 2.05) is 12.1 Å². The van der Waals surface area contributed by atoms with Crippen LogP contribution in [0, 0.1) is 5.82 Å². The second-order valence-corrected chi connectivity index (χ2v) is 4.48. The smallest absolute Gasteiger partial charge is 0.315 e. The maximum absolute atomic E-state index is 12.8.